The third-order valence-electron chi connectivity index (χ3n) is 1.83. The van der Waals surface area contributed by atoms with E-state index in [2.05, 4.69) is 47.9 Å². The van der Waals surface area contributed by atoms with Gasteiger partial charge in [0.25, 0.3) is 0 Å². The molecule has 2 rings (SSSR count). The summed E-state index contributed by atoms with van der Waals surface area (Å²) in [6, 6.07) is 2.14. The van der Waals surface area contributed by atoms with Crippen molar-refractivity contribution in [1.29, 1.82) is 0 Å². The number of hydrogen-bond donors (Lipinski definition) is 2. The molecule has 0 bridgehead atoms. The zero-order valence-electron chi connectivity index (χ0n) is 8.44. The van der Waals surface area contributed by atoms with Crippen LogP contribution in [0.5, 0.6) is 0 Å². The quantitative estimate of drug-likeness (QED) is 0.634. The molecule has 4 nitrogen and oxygen atoms in total. The molecule has 0 aliphatic rings. The van der Waals surface area contributed by atoms with Crippen molar-refractivity contribution in [2.45, 2.75) is 11.7 Å². The van der Waals surface area contributed by atoms with E-state index in [1.807, 2.05) is 0 Å². The molecule has 16 heavy (non-hydrogen) atoms. The summed E-state index contributed by atoms with van der Waals surface area (Å²) in [5, 5.41) is 13.0. The van der Waals surface area contributed by atoms with Crippen LogP contribution in [0.2, 0.25) is 0 Å². The summed E-state index contributed by atoms with van der Waals surface area (Å²) in [5.41, 5.74) is 0. The number of nitrogens with zero attached hydrogens (tertiary/aromatic N) is 2. The van der Waals surface area contributed by atoms with Gasteiger partial charge in [-0.25, -0.2) is 4.98 Å². The smallest absolute Gasteiger partial charge is 0.183 e. The Balaban J connectivity index is 1.59. The number of rotatable bonds is 6. The van der Waals surface area contributed by atoms with Crippen LogP contribution in [0.4, 0.5) is 0 Å². The molecule has 0 saturated heterocycles. The van der Waals surface area contributed by atoms with E-state index in [0.717, 1.165) is 28.5 Å². The molecule has 0 amide bonds. The largest absolute Gasteiger partial charge is 0.311 e. The van der Waals surface area contributed by atoms with E-state index >= 15 is 0 Å². The Hall–Kier alpha value is -0.370. The first-order chi connectivity index (χ1) is 7.84. The van der Waals surface area contributed by atoms with Crippen molar-refractivity contribution < 1.29 is 0 Å². The van der Waals surface area contributed by atoms with Crippen LogP contribution >= 0.6 is 39.0 Å². The number of aromatic amines is 1. The van der Waals surface area contributed by atoms with Crippen LogP contribution in [-0.4, -0.2) is 27.5 Å². The standard InChI is InChI=1S/C9H11BrN4S2/c10-7-3-8(16-5-7)4-11-1-2-15-9-12-6-13-14-9/h3,5-6,11H,1-2,4H2,(H,12,13,14). The lowest BCUT2D eigenvalue weighted by atomic mass is 10.4. The second-order valence-electron chi connectivity index (χ2n) is 3.05. The van der Waals surface area contributed by atoms with Gasteiger partial charge in [0.05, 0.1) is 0 Å². The van der Waals surface area contributed by atoms with Crippen LogP contribution in [0.25, 0.3) is 0 Å². The first-order valence-corrected chi connectivity index (χ1v) is 7.42. The predicted octanol–water partition coefficient (Wildman–Crippen LogP) is 2.51. The van der Waals surface area contributed by atoms with E-state index in [4.69, 9.17) is 0 Å². The lowest BCUT2D eigenvalue weighted by Gasteiger charge is -2.00. The maximum Gasteiger partial charge on any atom is 0.183 e. The first kappa shape index (κ1) is 12.1. The molecular formula is C9H11BrN4S2. The summed E-state index contributed by atoms with van der Waals surface area (Å²) in [6.45, 7) is 1.88. The van der Waals surface area contributed by atoms with E-state index in [1.54, 1.807) is 23.1 Å². The minimum absolute atomic E-state index is 0.876. The topological polar surface area (TPSA) is 53.6 Å². The van der Waals surface area contributed by atoms with Crippen LogP contribution in [0.3, 0.4) is 0 Å². The van der Waals surface area contributed by atoms with Crippen molar-refractivity contribution in [1.82, 2.24) is 20.5 Å². The van der Waals surface area contributed by atoms with Crippen LogP contribution < -0.4 is 5.32 Å². The van der Waals surface area contributed by atoms with Gasteiger partial charge in [0.2, 0.25) is 0 Å². The molecule has 2 heterocycles. The summed E-state index contributed by atoms with van der Waals surface area (Å²) >= 11 is 6.87. The van der Waals surface area contributed by atoms with Gasteiger partial charge in [-0.05, 0) is 22.0 Å². The Labute approximate surface area is 110 Å². The third kappa shape index (κ3) is 3.89. The van der Waals surface area contributed by atoms with Gasteiger partial charge in [-0.15, -0.1) is 11.3 Å². The van der Waals surface area contributed by atoms with Crippen molar-refractivity contribution in [2.24, 2.45) is 0 Å². The lowest BCUT2D eigenvalue weighted by Crippen LogP contribution is -2.15. The van der Waals surface area contributed by atoms with Crippen LogP contribution in [0.1, 0.15) is 4.88 Å². The Bertz CT molecular complexity index is 415. The highest BCUT2D eigenvalue weighted by molar-refractivity contribution is 9.10. The number of H-pyrrole nitrogens is 1. The van der Waals surface area contributed by atoms with E-state index in [-0.39, 0.29) is 0 Å². The van der Waals surface area contributed by atoms with Crippen molar-refractivity contribution in [3.05, 3.63) is 27.1 Å². The third-order valence-corrected chi connectivity index (χ3v) is 4.41. The van der Waals surface area contributed by atoms with E-state index in [1.165, 1.54) is 11.2 Å². The minimum Gasteiger partial charge on any atom is -0.311 e. The Kier molecular flexibility index (Phi) is 4.83. The van der Waals surface area contributed by atoms with Crippen LogP contribution in [-0.2, 0) is 6.54 Å². The van der Waals surface area contributed by atoms with Crippen molar-refractivity contribution in [3.63, 3.8) is 0 Å². The molecule has 0 fully saturated rings. The fourth-order valence-electron chi connectivity index (χ4n) is 1.14. The van der Waals surface area contributed by atoms with Gasteiger partial charge in [-0.1, -0.05) is 11.8 Å². The normalized spacial score (nSPS) is 10.8. The maximum atomic E-state index is 4.04. The molecule has 0 radical (unpaired) electrons. The molecule has 0 aromatic carbocycles. The number of halogens is 1. The van der Waals surface area contributed by atoms with Crippen molar-refractivity contribution >= 4 is 39.0 Å². The first-order valence-electron chi connectivity index (χ1n) is 4.76. The Morgan fingerprint density at radius 3 is 3.19 bits per heavy atom. The van der Waals surface area contributed by atoms with Gasteiger partial charge >= 0.3 is 0 Å². The summed E-state index contributed by atoms with van der Waals surface area (Å²) in [6.07, 6.45) is 1.53. The predicted molar refractivity (Wildman–Crippen MR) is 70.8 cm³/mol. The number of aromatic nitrogens is 3. The molecule has 7 heteroatoms. The minimum atomic E-state index is 0.876. The molecule has 2 N–H and O–H groups in total. The maximum absolute atomic E-state index is 4.04. The molecule has 86 valence electrons. The monoisotopic (exact) mass is 318 g/mol. The molecule has 2 aromatic heterocycles. The zero-order chi connectivity index (χ0) is 11.2. The SMILES string of the molecule is Brc1csc(CNCCSc2ncn[nH]2)c1. The molecule has 0 unspecified atom stereocenters. The van der Waals surface area contributed by atoms with Crippen molar-refractivity contribution in [3.8, 4) is 0 Å². The zero-order valence-corrected chi connectivity index (χ0v) is 11.7. The van der Waals surface area contributed by atoms with Gasteiger partial charge < -0.3 is 5.32 Å². The Morgan fingerprint density at radius 2 is 2.50 bits per heavy atom. The summed E-state index contributed by atoms with van der Waals surface area (Å²) in [7, 11) is 0. The van der Waals surface area contributed by atoms with E-state index < -0.39 is 0 Å². The highest BCUT2D eigenvalue weighted by Crippen LogP contribution is 2.19. The fourth-order valence-corrected chi connectivity index (χ4v) is 3.24. The second-order valence-corrected chi connectivity index (χ2v) is 6.04. The van der Waals surface area contributed by atoms with Gasteiger partial charge in [-0.2, -0.15) is 5.10 Å². The summed E-state index contributed by atoms with van der Waals surface area (Å²) < 4.78 is 1.16. The molecule has 0 spiro atoms. The molecular weight excluding hydrogens is 308 g/mol. The van der Waals surface area contributed by atoms with Gasteiger partial charge in [0.1, 0.15) is 6.33 Å². The summed E-state index contributed by atoms with van der Waals surface area (Å²) in [4.78, 5) is 5.38. The number of nitrogens with one attached hydrogen (secondary N) is 2. The average molecular weight is 319 g/mol. The summed E-state index contributed by atoms with van der Waals surface area (Å²) in [5.74, 6) is 0.988. The highest BCUT2D eigenvalue weighted by atomic mass is 79.9. The van der Waals surface area contributed by atoms with Gasteiger partial charge in [0, 0.05) is 33.6 Å². The molecule has 0 aliphatic heterocycles. The number of thioether (sulfide) groups is 1. The number of hydrogen-bond acceptors (Lipinski definition) is 5. The number of thiophene rings is 1. The van der Waals surface area contributed by atoms with Gasteiger partial charge in [-0.3, -0.25) is 5.10 Å². The highest BCUT2D eigenvalue weighted by Gasteiger charge is 1.98. The van der Waals surface area contributed by atoms with Gasteiger partial charge in [0.15, 0.2) is 5.16 Å². The molecule has 0 aliphatic carbocycles. The van der Waals surface area contributed by atoms with E-state index in [0.29, 0.717) is 0 Å². The fraction of sp³-hybridized carbons (Fsp3) is 0.333. The van der Waals surface area contributed by atoms with E-state index in [9.17, 15) is 0 Å². The lowest BCUT2D eigenvalue weighted by molar-refractivity contribution is 0.740. The Morgan fingerprint density at radius 1 is 1.56 bits per heavy atom. The molecule has 0 saturated carbocycles. The average Bonchev–Trinajstić information content (AvgIpc) is 2.89. The van der Waals surface area contributed by atoms with Crippen LogP contribution in [0.15, 0.2) is 27.4 Å². The second kappa shape index (κ2) is 6.39. The molecule has 2 aromatic rings. The van der Waals surface area contributed by atoms with Crippen molar-refractivity contribution in [2.75, 3.05) is 12.3 Å². The van der Waals surface area contributed by atoms with Crippen LogP contribution in [0, 0.1) is 0 Å². The molecule has 0 atom stereocenters.